The maximum absolute atomic E-state index is 12.2. The maximum Gasteiger partial charge on any atom is 0.317 e. The van der Waals surface area contributed by atoms with Crippen LogP contribution in [0.2, 0.25) is 0 Å². The molecule has 19 heavy (non-hydrogen) atoms. The number of carbonyl (C=O) groups excluding carboxylic acids is 1. The normalized spacial score (nSPS) is 31.8. The van der Waals surface area contributed by atoms with Crippen LogP contribution in [0, 0.1) is 5.92 Å². The van der Waals surface area contributed by atoms with Gasteiger partial charge in [0, 0.05) is 30.1 Å². The highest BCUT2D eigenvalue weighted by molar-refractivity contribution is 7.99. The summed E-state index contributed by atoms with van der Waals surface area (Å²) in [5.74, 6) is 0.936. The van der Waals surface area contributed by atoms with Crippen LogP contribution in [0.3, 0.4) is 0 Å². The Morgan fingerprint density at radius 3 is 2.84 bits per heavy atom. The molecule has 5 nitrogen and oxygen atoms in total. The molecule has 2 amide bonds. The molecule has 1 aliphatic carbocycles. The number of nitrogens with one attached hydrogen (secondary N) is 1. The second kappa shape index (κ2) is 6.50. The molecule has 0 spiro atoms. The van der Waals surface area contributed by atoms with Crippen molar-refractivity contribution in [2.75, 3.05) is 18.1 Å². The number of thioether (sulfide) groups is 1. The minimum atomic E-state index is -0.735. The van der Waals surface area contributed by atoms with Gasteiger partial charge in [0.05, 0.1) is 5.92 Å². The summed E-state index contributed by atoms with van der Waals surface area (Å²) in [5.41, 5.74) is 0. The number of urea groups is 1. The van der Waals surface area contributed by atoms with Crippen LogP contribution in [0.15, 0.2) is 0 Å². The molecule has 3 unspecified atom stereocenters. The summed E-state index contributed by atoms with van der Waals surface area (Å²) in [6, 6.07) is 0.255. The van der Waals surface area contributed by atoms with E-state index in [1.165, 1.54) is 0 Å². The van der Waals surface area contributed by atoms with Gasteiger partial charge in [-0.25, -0.2) is 4.79 Å². The first kappa shape index (κ1) is 14.5. The van der Waals surface area contributed by atoms with Crippen LogP contribution in [0.25, 0.3) is 0 Å². The van der Waals surface area contributed by atoms with E-state index in [0.29, 0.717) is 6.42 Å². The Kier molecular flexibility index (Phi) is 4.96. The number of hydrogen-bond donors (Lipinski definition) is 2. The van der Waals surface area contributed by atoms with Gasteiger partial charge in [-0.3, -0.25) is 4.79 Å². The Balaban J connectivity index is 1.86. The lowest BCUT2D eigenvalue weighted by molar-refractivity contribution is -0.143. The Hall–Kier alpha value is -0.910. The largest absolute Gasteiger partial charge is 0.481 e. The van der Waals surface area contributed by atoms with Crippen molar-refractivity contribution < 1.29 is 14.7 Å². The highest BCUT2D eigenvalue weighted by atomic mass is 32.2. The fraction of sp³-hybridized carbons (Fsp3) is 0.846. The summed E-state index contributed by atoms with van der Waals surface area (Å²) in [5, 5.41) is 12.1. The number of carboxylic acid groups (broad SMARTS) is 1. The first-order chi connectivity index (χ1) is 9.08. The van der Waals surface area contributed by atoms with Crippen LogP contribution in [-0.4, -0.2) is 52.1 Å². The molecule has 2 rings (SSSR count). The third-order valence-electron chi connectivity index (χ3n) is 3.98. The average Bonchev–Trinajstić information content (AvgIpc) is 2.39. The third-order valence-corrected chi connectivity index (χ3v) is 5.17. The number of aliphatic carboxylic acids is 1. The molecule has 3 atom stereocenters. The highest BCUT2D eigenvalue weighted by Crippen LogP contribution is 2.25. The molecule has 2 aliphatic rings. The molecule has 108 valence electrons. The lowest BCUT2D eigenvalue weighted by Gasteiger charge is -2.35. The van der Waals surface area contributed by atoms with Gasteiger partial charge in [-0.15, -0.1) is 0 Å². The predicted octanol–water partition coefficient (Wildman–Crippen LogP) is 1.78. The van der Waals surface area contributed by atoms with Crippen molar-refractivity contribution >= 4 is 23.8 Å². The van der Waals surface area contributed by atoms with E-state index >= 15 is 0 Å². The van der Waals surface area contributed by atoms with Gasteiger partial charge in [0.1, 0.15) is 0 Å². The van der Waals surface area contributed by atoms with Gasteiger partial charge in [-0.1, -0.05) is 6.42 Å². The summed E-state index contributed by atoms with van der Waals surface area (Å²) >= 11 is 1.88. The molecule has 0 aromatic carbocycles. The van der Waals surface area contributed by atoms with Crippen LogP contribution < -0.4 is 5.32 Å². The standard InChI is InChI=1S/C13H22N2O3S/c1-9-8-19-6-5-15(9)13(18)14-11-4-2-3-10(7-11)12(16)17/h9-11H,2-8H2,1H3,(H,14,18)(H,16,17). The zero-order valence-corrected chi connectivity index (χ0v) is 12.1. The fourth-order valence-electron chi connectivity index (χ4n) is 2.83. The van der Waals surface area contributed by atoms with E-state index in [2.05, 4.69) is 12.2 Å². The second-order valence-electron chi connectivity index (χ2n) is 5.47. The number of carboxylic acids is 1. The molecule has 0 aromatic rings. The van der Waals surface area contributed by atoms with Crippen molar-refractivity contribution in [1.29, 1.82) is 0 Å². The lowest BCUT2D eigenvalue weighted by atomic mass is 9.86. The van der Waals surface area contributed by atoms with Gasteiger partial charge in [0.25, 0.3) is 0 Å². The quantitative estimate of drug-likeness (QED) is 0.812. The van der Waals surface area contributed by atoms with Gasteiger partial charge in [0.15, 0.2) is 0 Å². The molecule has 1 heterocycles. The smallest absolute Gasteiger partial charge is 0.317 e. The second-order valence-corrected chi connectivity index (χ2v) is 6.62. The van der Waals surface area contributed by atoms with E-state index in [1.807, 2.05) is 16.7 Å². The van der Waals surface area contributed by atoms with Crippen molar-refractivity contribution in [3.05, 3.63) is 0 Å². The van der Waals surface area contributed by atoms with E-state index in [0.717, 1.165) is 37.3 Å². The minimum absolute atomic E-state index is 0.0177. The third kappa shape index (κ3) is 3.78. The van der Waals surface area contributed by atoms with Gasteiger partial charge in [-0.2, -0.15) is 11.8 Å². The molecule has 0 radical (unpaired) electrons. The topological polar surface area (TPSA) is 69.6 Å². The van der Waals surface area contributed by atoms with Crippen molar-refractivity contribution in [3.8, 4) is 0 Å². The maximum atomic E-state index is 12.2. The SMILES string of the molecule is CC1CSCCN1C(=O)NC1CCCC(C(=O)O)C1. The van der Waals surface area contributed by atoms with Crippen LogP contribution >= 0.6 is 11.8 Å². The Bertz CT molecular complexity index is 351. The lowest BCUT2D eigenvalue weighted by Crippen LogP contribution is -2.52. The Labute approximate surface area is 118 Å². The van der Waals surface area contributed by atoms with E-state index in [4.69, 9.17) is 5.11 Å². The molecule has 0 aromatic heterocycles. The van der Waals surface area contributed by atoms with Crippen molar-refractivity contribution in [3.63, 3.8) is 0 Å². The first-order valence-corrected chi connectivity index (χ1v) is 8.11. The number of carbonyl (C=O) groups is 2. The number of amides is 2. The summed E-state index contributed by atoms with van der Waals surface area (Å²) in [6.07, 6.45) is 3.08. The zero-order chi connectivity index (χ0) is 13.8. The molecular weight excluding hydrogens is 264 g/mol. The molecule has 1 aliphatic heterocycles. The summed E-state index contributed by atoms with van der Waals surface area (Å²) < 4.78 is 0. The van der Waals surface area contributed by atoms with E-state index < -0.39 is 5.97 Å². The predicted molar refractivity (Wildman–Crippen MR) is 75.4 cm³/mol. The van der Waals surface area contributed by atoms with E-state index in [1.54, 1.807) is 0 Å². The molecule has 0 bridgehead atoms. The molecule has 2 N–H and O–H groups in total. The van der Waals surface area contributed by atoms with Crippen molar-refractivity contribution in [2.24, 2.45) is 5.92 Å². The zero-order valence-electron chi connectivity index (χ0n) is 11.3. The van der Waals surface area contributed by atoms with Crippen molar-refractivity contribution in [2.45, 2.75) is 44.7 Å². The molecule has 2 fully saturated rings. The van der Waals surface area contributed by atoms with E-state index in [-0.39, 0.29) is 24.0 Å². The summed E-state index contributed by atoms with van der Waals surface area (Å²) in [7, 11) is 0. The number of nitrogens with zero attached hydrogens (tertiary/aromatic N) is 1. The molecule has 1 saturated carbocycles. The number of rotatable bonds is 2. The summed E-state index contributed by atoms with van der Waals surface area (Å²) in [6.45, 7) is 2.85. The molecule has 1 saturated heterocycles. The highest BCUT2D eigenvalue weighted by Gasteiger charge is 2.30. The first-order valence-electron chi connectivity index (χ1n) is 6.95. The average molecular weight is 286 g/mol. The van der Waals surface area contributed by atoms with Gasteiger partial charge in [0.2, 0.25) is 0 Å². The molecule has 6 heteroatoms. The van der Waals surface area contributed by atoms with Crippen LogP contribution in [0.1, 0.15) is 32.6 Å². The van der Waals surface area contributed by atoms with Crippen LogP contribution in [0.5, 0.6) is 0 Å². The summed E-state index contributed by atoms with van der Waals surface area (Å²) in [4.78, 5) is 25.1. The Morgan fingerprint density at radius 2 is 2.16 bits per heavy atom. The van der Waals surface area contributed by atoms with Crippen LogP contribution in [0.4, 0.5) is 4.79 Å². The van der Waals surface area contributed by atoms with E-state index in [9.17, 15) is 9.59 Å². The van der Waals surface area contributed by atoms with Crippen molar-refractivity contribution in [1.82, 2.24) is 10.2 Å². The monoisotopic (exact) mass is 286 g/mol. The van der Waals surface area contributed by atoms with Gasteiger partial charge in [-0.05, 0) is 26.2 Å². The van der Waals surface area contributed by atoms with Gasteiger partial charge >= 0.3 is 12.0 Å². The van der Waals surface area contributed by atoms with Gasteiger partial charge < -0.3 is 15.3 Å². The molecular formula is C13H22N2O3S. The minimum Gasteiger partial charge on any atom is -0.481 e. The fourth-order valence-corrected chi connectivity index (χ4v) is 3.85. The Morgan fingerprint density at radius 1 is 1.37 bits per heavy atom. The van der Waals surface area contributed by atoms with Crippen LogP contribution in [-0.2, 0) is 4.79 Å². The number of hydrogen-bond acceptors (Lipinski definition) is 3.